The minimum Gasteiger partial charge on any atom is -0.372 e. The Morgan fingerprint density at radius 2 is 1.40 bits per heavy atom. The van der Waals surface area contributed by atoms with Gasteiger partial charge in [-0.2, -0.15) is 0 Å². The van der Waals surface area contributed by atoms with Crippen molar-refractivity contribution in [3.63, 3.8) is 0 Å². The van der Waals surface area contributed by atoms with Gasteiger partial charge in [0.2, 0.25) is 0 Å². The van der Waals surface area contributed by atoms with Gasteiger partial charge in [0.05, 0.1) is 12.2 Å². The van der Waals surface area contributed by atoms with E-state index in [2.05, 4.69) is 20.8 Å². The molecule has 25 heavy (non-hydrogen) atoms. The van der Waals surface area contributed by atoms with E-state index in [4.69, 9.17) is 4.74 Å². The van der Waals surface area contributed by atoms with E-state index in [9.17, 15) is 0 Å². The Morgan fingerprint density at radius 3 is 2.36 bits per heavy atom. The van der Waals surface area contributed by atoms with Gasteiger partial charge in [-0.1, -0.05) is 41.6 Å². The van der Waals surface area contributed by atoms with Crippen molar-refractivity contribution in [3.8, 4) is 0 Å². The first-order chi connectivity index (χ1) is 12.3. The highest BCUT2D eigenvalue weighted by atomic mass is 79.9. The van der Waals surface area contributed by atoms with Crippen molar-refractivity contribution in [2.45, 2.75) is 112 Å². The summed E-state index contributed by atoms with van der Waals surface area (Å²) in [5, 5.41) is 0. The Kier molecular flexibility index (Phi) is 4.06. The smallest absolute Gasteiger partial charge is 0.0737 e. The summed E-state index contributed by atoms with van der Waals surface area (Å²) in [7, 11) is 0. The highest BCUT2D eigenvalue weighted by molar-refractivity contribution is 9.09. The first kappa shape index (κ1) is 16.4. The van der Waals surface area contributed by atoms with E-state index in [0.717, 1.165) is 46.6 Å². The fourth-order valence-corrected chi connectivity index (χ4v) is 9.44. The number of fused-ring (bicyclic) bond motifs is 4. The Balaban J connectivity index is 1.43. The molecule has 0 N–H and O–H groups in total. The maximum Gasteiger partial charge on any atom is 0.0737 e. The fourth-order valence-electron chi connectivity index (χ4n) is 8.56. The Bertz CT molecular complexity index is 526. The van der Waals surface area contributed by atoms with Crippen LogP contribution in [0.4, 0.5) is 0 Å². The zero-order valence-electron chi connectivity index (χ0n) is 15.5. The van der Waals surface area contributed by atoms with Gasteiger partial charge < -0.3 is 4.74 Å². The Labute approximate surface area is 161 Å². The monoisotopic (exact) mass is 407 g/mol. The zero-order valence-corrected chi connectivity index (χ0v) is 17.1. The topological polar surface area (TPSA) is 12.5 Å². The van der Waals surface area contributed by atoms with Crippen molar-refractivity contribution in [2.75, 3.05) is 0 Å². The van der Waals surface area contributed by atoms with Crippen LogP contribution in [0.3, 0.4) is 0 Å². The number of alkyl halides is 1. The second-order valence-corrected chi connectivity index (χ2v) is 11.3. The van der Waals surface area contributed by atoms with Crippen LogP contribution in [0.5, 0.6) is 0 Å². The summed E-state index contributed by atoms with van der Waals surface area (Å²) < 4.78 is 6.82. The van der Waals surface area contributed by atoms with E-state index < -0.39 is 0 Å². The molecule has 4 aliphatic carbocycles. The molecule has 140 valence electrons. The van der Waals surface area contributed by atoms with Crippen LogP contribution in [-0.2, 0) is 4.74 Å². The first-order valence-electron chi connectivity index (χ1n) is 11.4. The molecule has 10 atom stereocenters. The second-order valence-electron chi connectivity index (χ2n) is 10.1. The van der Waals surface area contributed by atoms with Gasteiger partial charge in [-0.3, -0.25) is 4.90 Å². The molecule has 6 aliphatic rings. The van der Waals surface area contributed by atoms with Crippen LogP contribution in [0.25, 0.3) is 0 Å². The summed E-state index contributed by atoms with van der Waals surface area (Å²) in [6.45, 7) is 0. The lowest BCUT2D eigenvalue weighted by atomic mass is 9.53. The van der Waals surface area contributed by atoms with Crippen molar-refractivity contribution in [2.24, 2.45) is 23.7 Å². The van der Waals surface area contributed by atoms with Crippen LogP contribution in [0, 0.1) is 23.7 Å². The molecule has 0 aromatic carbocycles. The molecule has 3 heteroatoms. The van der Waals surface area contributed by atoms with Crippen LogP contribution >= 0.6 is 15.9 Å². The number of hydrogen-bond donors (Lipinski definition) is 0. The lowest BCUT2D eigenvalue weighted by Gasteiger charge is -2.67. The number of ether oxygens (including phenoxy) is 1. The minimum atomic E-state index is 0.564. The second kappa shape index (κ2) is 6.21. The summed E-state index contributed by atoms with van der Waals surface area (Å²) in [5.41, 5.74) is 0. The molecule has 0 radical (unpaired) electrons. The van der Waals surface area contributed by atoms with Crippen molar-refractivity contribution < 1.29 is 4.74 Å². The molecular weight excluding hydrogens is 374 g/mol. The van der Waals surface area contributed by atoms with Crippen LogP contribution in [0.1, 0.15) is 77.0 Å². The van der Waals surface area contributed by atoms with E-state index in [1.807, 2.05) is 0 Å². The van der Waals surface area contributed by atoms with Crippen molar-refractivity contribution in [1.29, 1.82) is 0 Å². The molecule has 2 saturated heterocycles. The normalized spacial score (nSPS) is 58.0. The standard InChI is InChI=1S/C22H34BrNO/c23-16-11-12-18-21-13(5-3-7-15(16)21)14-6-4-10-20-22(14)24(18)17-8-1-2-9-19(17)25-20/h13-22H,1-12H2. The molecule has 6 fully saturated rings. The predicted molar refractivity (Wildman–Crippen MR) is 104 cm³/mol. The van der Waals surface area contributed by atoms with Crippen molar-refractivity contribution in [1.82, 2.24) is 4.90 Å². The van der Waals surface area contributed by atoms with Gasteiger partial charge in [-0.15, -0.1) is 0 Å². The van der Waals surface area contributed by atoms with Gasteiger partial charge in [-0.05, 0) is 75.0 Å². The SMILES string of the molecule is BrC1CCC2C3C1CCCC3C1CCCC3OC4CCCCC4N2C31. The van der Waals surface area contributed by atoms with Gasteiger partial charge in [-0.25, -0.2) is 0 Å². The highest BCUT2D eigenvalue weighted by Gasteiger charge is 2.61. The maximum atomic E-state index is 6.82. The average Bonchev–Trinajstić information content (AvgIpc) is 2.66. The van der Waals surface area contributed by atoms with Crippen LogP contribution in [0.15, 0.2) is 0 Å². The van der Waals surface area contributed by atoms with Gasteiger partial charge in [0.1, 0.15) is 0 Å². The van der Waals surface area contributed by atoms with E-state index in [-0.39, 0.29) is 0 Å². The summed E-state index contributed by atoms with van der Waals surface area (Å²) in [6.07, 6.45) is 18.3. The number of rotatable bonds is 0. The van der Waals surface area contributed by atoms with Gasteiger partial charge in [0, 0.05) is 23.0 Å². The lowest BCUT2D eigenvalue weighted by molar-refractivity contribution is -0.246. The summed E-state index contributed by atoms with van der Waals surface area (Å²) >= 11 is 4.12. The van der Waals surface area contributed by atoms with Crippen LogP contribution < -0.4 is 0 Å². The number of piperidine rings is 1. The van der Waals surface area contributed by atoms with Gasteiger partial charge in [0.25, 0.3) is 0 Å². The van der Waals surface area contributed by atoms with E-state index in [1.54, 1.807) is 0 Å². The lowest BCUT2D eigenvalue weighted by Crippen LogP contribution is -2.74. The molecule has 2 heterocycles. The van der Waals surface area contributed by atoms with Gasteiger partial charge >= 0.3 is 0 Å². The molecule has 10 unspecified atom stereocenters. The summed E-state index contributed by atoms with van der Waals surface area (Å²) in [4.78, 5) is 3.95. The number of morpholine rings is 1. The zero-order chi connectivity index (χ0) is 16.5. The van der Waals surface area contributed by atoms with E-state index >= 15 is 0 Å². The number of halogens is 1. The Morgan fingerprint density at radius 1 is 0.640 bits per heavy atom. The van der Waals surface area contributed by atoms with Crippen molar-refractivity contribution >= 4 is 15.9 Å². The first-order valence-corrected chi connectivity index (χ1v) is 12.3. The predicted octanol–water partition coefficient (Wildman–Crippen LogP) is 5.14. The fraction of sp³-hybridized carbons (Fsp3) is 1.00. The third kappa shape index (κ3) is 2.34. The summed E-state index contributed by atoms with van der Waals surface area (Å²) in [6, 6.07) is 2.43. The third-order valence-electron chi connectivity index (χ3n) is 9.23. The molecule has 0 amide bonds. The van der Waals surface area contributed by atoms with Crippen LogP contribution in [-0.4, -0.2) is 40.1 Å². The highest BCUT2D eigenvalue weighted by Crippen LogP contribution is 2.59. The largest absolute Gasteiger partial charge is 0.372 e. The molecule has 0 aromatic heterocycles. The molecule has 2 nitrogen and oxygen atoms in total. The third-order valence-corrected chi connectivity index (χ3v) is 10.4. The molecule has 0 aromatic rings. The Hall–Kier alpha value is 0.400. The van der Waals surface area contributed by atoms with E-state index in [1.165, 1.54) is 77.0 Å². The maximum absolute atomic E-state index is 6.82. The quantitative estimate of drug-likeness (QED) is 0.515. The van der Waals surface area contributed by atoms with Crippen LogP contribution in [0.2, 0.25) is 0 Å². The molecule has 6 rings (SSSR count). The molecule has 0 bridgehead atoms. The molecular formula is C22H34BrNO. The summed E-state index contributed by atoms with van der Waals surface area (Å²) in [5.74, 6) is 3.91. The van der Waals surface area contributed by atoms with Crippen molar-refractivity contribution in [3.05, 3.63) is 0 Å². The number of nitrogens with zero attached hydrogens (tertiary/aromatic N) is 1. The molecule has 0 spiro atoms. The molecule has 2 aliphatic heterocycles. The van der Waals surface area contributed by atoms with Gasteiger partial charge in [0.15, 0.2) is 0 Å². The molecule has 4 saturated carbocycles. The minimum absolute atomic E-state index is 0.564. The van der Waals surface area contributed by atoms with E-state index in [0.29, 0.717) is 12.2 Å². The average molecular weight is 408 g/mol. The number of hydrogen-bond acceptors (Lipinski definition) is 2.